The van der Waals surface area contributed by atoms with Crippen molar-refractivity contribution in [3.8, 4) is 0 Å². The van der Waals surface area contributed by atoms with Crippen LogP contribution in [0.3, 0.4) is 0 Å². The number of carbonyl (C=O) groups excluding carboxylic acids is 3. The fraction of sp³-hybridized carbons (Fsp3) is 0.654. The Bertz CT molecular complexity index is 861. The molecule has 2 bridgehead atoms. The lowest BCUT2D eigenvalue weighted by Crippen LogP contribution is -2.46. The molecule has 1 saturated heterocycles. The molecule has 6 nitrogen and oxygen atoms in total. The Labute approximate surface area is 191 Å². The summed E-state index contributed by atoms with van der Waals surface area (Å²) in [4.78, 5) is 39.9. The number of carbonyl (C=O) groups is 3. The summed E-state index contributed by atoms with van der Waals surface area (Å²) < 4.78 is 5.52. The highest BCUT2D eigenvalue weighted by Crippen LogP contribution is 2.49. The van der Waals surface area contributed by atoms with E-state index in [0.29, 0.717) is 37.4 Å². The second kappa shape index (κ2) is 9.63. The number of hydrogen-bond acceptors (Lipinski definition) is 4. The van der Waals surface area contributed by atoms with Gasteiger partial charge in [-0.15, -0.1) is 0 Å². The molecule has 0 unspecified atom stereocenters. The van der Waals surface area contributed by atoms with Crippen LogP contribution in [0.5, 0.6) is 0 Å². The number of nitrogens with one attached hydrogen (secondary N) is 1. The van der Waals surface area contributed by atoms with Crippen LogP contribution in [0.2, 0.25) is 0 Å². The van der Waals surface area contributed by atoms with Gasteiger partial charge in [0.1, 0.15) is 0 Å². The molecule has 1 aromatic carbocycles. The number of esters is 1. The molecule has 5 atom stereocenters. The van der Waals surface area contributed by atoms with Crippen LogP contribution in [0.25, 0.3) is 0 Å². The van der Waals surface area contributed by atoms with E-state index in [1.165, 1.54) is 25.7 Å². The molecule has 1 N–H and O–H groups in total. The average molecular weight is 441 g/mol. The van der Waals surface area contributed by atoms with E-state index in [4.69, 9.17) is 4.74 Å². The first kappa shape index (κ1) is 22.8. The first-order valence-electron chi connectivity index (χ1n) is 12.2. The summed E-state index contributed by atoms with van der Waals surface area (Å²) >= 11 is 0. The predicted molar refractivity (Wildman–Crippen MR) is 122 cm³/mol. The van der Waals surface area contributed by atoms with Crippen molar-refractivity contribution < 1.29 is 19.1 Å². The zero-order valence-corrected chi connectivity index (χ0v) is 19.5. The molecule has 2 saturated carbocycles. The Hall–Kier alpha value is -2.37. The maximum atomic E-state index is 12.8. The summed E-state index contributed by atoms with van der Waals surface area (Å²) in [6.45, 7) is 6.71. The molecular weight excluding hydrogens is 404 g/mol. The Morgan fingerprint density at radius 3 is 2.38 bits per heavy atom. The van der Waals surface area contributed by atoms with Gasteiger partial charge in [0.25, 0.3) is 11.8 Å². The Kier molecular flexibility index (Phi) is 6.87. The van der Waals surface area contributed by atoms with Gasteiger partial charge in [-0.05, 0) is 82.3 Å². The van der Waals surface area contributed by atoms with Crippen LogP contribution in [0.4, 0.5) is 0 Å². The van der Waals surface area contributed by atoms with Gasteiger partial charge < -0.3 is 15.0 Å². The lowest BCUT2D eigenvalue weighted by atomic mass is 9.84. The number of nitrogens with zero attached hydrogens (tertiary/aromatic N) is 1. The van der Waals surface area contributed by atoms with Gasteiger partial charge in [0.2, 0.25) is 0 Å². The standard InChI is InChI=1S/C26H36N2O4/c1-16-6-4-5-7-22(16)25(30)28-12-10-20(11-13-28)26(31)32-18(3)24(29)27-17(2)23-15-19-8-9-21(23)14-19/h4-7,17-21,23H,8-15H2,1-3H3,(H,27,29)/t17-,18-,19+,21+,23-/m1/s1. The molecule has 6 heteroatoms. The van der Waals surface area contributed by atoms with Gasteiger partial charge >= 0.3 is 5.97 Å². The van der Waals surface area contributed by atoms with Crippen molar-refractivity contribution >= 4 is 17.8 Å². The first-order valence-corrected chi connectivity index (χ1v) is 12.2. The van der Waals surface area contributed by atoms with Crippen LogP contribution in [0.15, 0.2) is 24.3 Å². The molecule has 2 aliphatic carbocycles. The summed E-state index contributed by atoms with van der Waals surface area (Å²) in [6, 6.07) is 7.69. The third kappa shape index (κ3) is 4.84. The average Bonchev–Trinajstić information content (AvgIpc) is 3.43. The Morgan fingerprint density at radius 2 is 1.75 bits per heavy atom. The second-order valence-corrected chi connectivity index (χ2v) is 10.1. The lowest BCUT2D eigenvalue weighted by Gasteiger charge is -2.32. The van der Waals surface area contributed by atoms with Crippen molar-refractivity contribution in [3.05, 3.63) is 35.4 Å². The number of ether oxygens (including phenoxy) is 1. The van der Waals surface area contributed by atoms with E-state index in [2.05, 4.69) is 12.2 Å². The monoisotopic (exact) mass is 440 g/mol. The number of rotatable bonds is 6. The minimum Gasteiger partial charge on any atom is -0.452 e. The third-order valence-electron chi connectivity index (χ3n) is 7.96. The largest absolute Gasteiger partial charge is 0.452 e. The molecule has 3 fully saturated rings. The van der Waals surface area contributed by atoms with E-state index in [1.807, 2.05) is 31.2 Å². The van der Waals surface area contributed by atoms with Gasteiger partial charge in [0, 0.05) is 24.7 Å². The molecule has 1 aliphatic heterocycles. The van der Waals surface area contributed by atoms with Crippen molar-refractivity contribution in [3.63, 3.8) is 0 Å². The molecule has 1 heterocycles. The van der Waals surface area contributed by atoms with Gasteiger partial charge in [0.15, 0.2) is 6.10 Å². The van der Waals surface area contributed by atoms with Crippen LogP contribution in [0, 0.1) is 30.6 Å². The summed E-state index contributed by atoms with van der Waals surface area (Å²) in [5.74, 6) is 1.33. The first-order chi connectivity index (χ1) is 15.3. The molecule has 0 aromatic heterocycles. The van der Waals surface area contributed by atoms with Gasteiger partial charge in [-0.25, -0.2) is 0 Å². The fourth-order valence-corrected chi connectivity index (χ4v) is 5.98. The maximum Gasteiger partial charge on any atom is 0.309 e. The zero-order valence-electron chi connectivity index (χ0n) is 19.5. The number of likely N-dealkylation sites (tertiary alicyclic amines) is 1. The second-order valence-electron chi connectivity index (χ2n) is 10.1. The summed E-state index contributed by atoms with van der Waals surface area (Å²) in [6.07, 6.45) is 5.46. The predicted octanol–water partition coefficient (Wildman–Crippen LogP) is 3.72. The highest BCUT2D eigenvalue weighted by Gasteiger charge is 2.42. The summed E-state index contributed by atoms with van der Waals surface area (Å²) in [5, 5.41) is 3.09. The normalized spacial score (nSPS) is 27.1. The van der Waals surface area contributed by atoms with E-state index in [0.717, 1.165) is 17.4 Å². The van der Waals surface area contributed by atoms with Crippen molar-refractivity contribution in [2.75, 3.05) is 13.1 Å². The van der Waals surface area contributed by atoms with E-state index in [1.54, 1.807) is 11.8 Å². The molecule has 174 valence electrons. The van der Waals surface area contributed by atoms with E-state index in [-0.39, 0.29) is 29.7 Å². The molecule has 1 aromatic rings. The van der Waals surface area contributed by atoms with Crippen LogP contribution in [-0.4, -0.2) is 47.9 Å². The van der Waals surface area contributed by atoms with Crippen molar-refractivity contribution in [2.24, 2.45) is 23.7 Å². The van der Waals surface area contributed by atoms with E-state index < -0.39 is 6.10 Å². The van der Waals surface area contributed by atoms with E-state index in [9.17, 15) is 14.4 Å². The molecule has 0 radical (unpaired) electrons. The van der Waals surface area contributed by atoms with Crippen LogP contribution < -0.4 is 5.32 Å². The Morgan fingerprint density at radius 1 is 1.03 bits per heavy atom. The molecule has 0 spiro atoms. The quantitative estimate of drug-likeness (QED) is 0.684. The van der Waals surface area contributed by atoms with Crippen LogP contribution in [0.1, 0.15) is 68.3 Å². The summed E-state index contributed by atoms with van der Waals surface area (Å²) in [5.41, 5.74) is 1.67. The molecule has 3 aliphatic rings. The highest BCUT2D eigenvalue weighted by molar-refractivity contribution is 5.95. The minimum atomic E-state index is -0.796. The third-order valence-corrected chi connectivity index (χ3v) is 7.96. The van der Waals surface area contributed by atoms with Crippen molar-refractivity contribution in [1.29, 1.82) is 0 Å². The number of amides is 2. The van der Waals surface area contributed by atoms with Crippen molar-refractivity contribution in [2.45, 2.75) is 71.4 Å². The molecular formula is C26H36N2O4. The number of aryl methyl sites for hydroxylation is 1. The topological polar surface area (TPSA) is 75.7 Å². The van der Waals surface area contributed by atoms with Gasteiger partial charge in [-0.1, -0.05) is 24.6 Å². The number of piperidine rings is 1. The zero-order chi connectivity index (χ0) is 22.8. The lowest BCUT2D eigenvalue weighted by molar-refractivity contribution is -0.160. The van der Waals surface area contributed by atoms with E-state index >= 15 is 0 Å². The minimum absolute atomic E-state index is 0.0114. The molecule has 4 rings (SSSR count). The Balaban J connectivity index is 1.22. The van der Waals surface area contributed by atoms with Gasteiger partial charge in [-0.3, -0.25) is 14.4 Å². The smallest absolute Gasteiger partial charge is 0.309 e. The number of benzene rings is 1. The van der Waals surface area contributed by atoms with Crippen molar-refractivity contribution in [1.82, 2.24) is 10.2 Å². The van der Waals surface area contributed by atoms with Gasteiger partial charge in [-0.2, -0.15) is 0 Å². The van der Waals surface area contributed by atoms with Gasteiger partial charge in [0.05, 0.1) is 5.92 Å². The number of fused-ring (bicyclic) bond motifs is 2. The molecule has 32 heavy (non-hydrogen) atoms. The van der Waals surface area contributed by atoms with Crippen LogP contribution in [-0.2, 0) is 14.3 Å². The number of hydrogen-bond donors (Lipinski definition) is 1. The highest BCUT2D eigenvalue weighted by atomic mass is 16.5. The van der Waals surface area contributed by atoms with Crippen LogP contribution >= 0.6 is 0 Å². The SMILES string of the molecule is Cc1ccccc1C(=O)N1CCC(C(=O)O[C@H](C)C(=O)N[C@H](C)[C@H]2C[C@H]3CC[C@H]2C3)CC1. The summed E-state index contributed by atoms with van der Waals surface area (Å²) in [7, 11) is 0. The maximum absolute atomic E-state index is 12.8. The fourth-order valence-electron chi connectivity index (χ4n) is 5.98. The molecule has 2 amide bonds.